The molecule has 0 heterocycles. The highest BCUT2D eigenvalue weighted by molar-refractivity contribution is 7.91. The van der Waals surface area contributed by atoms with Gasteiger partial charge < -0.3 is 9.84 Å². The van der Waals surface area contributed by atoms with Gasteiger partial charge in [-0.15, -0.1) is 0 Å². The first kappa shape index (κ1) is 22.6. The Morgan fingerprint density at radius 1 is 0.903 bits per heavy atom. The standard InChI is InChI=1S/C25H26O5S/c1-25(2,3)30-21-15-11-19(12-16-21)24(31(28,29)22-7-5-4-6-8-22)17-23(27)18-9-13-20(26)14-10-18/h4-16,24,26H,17H2,1-3H3. The predicted molar refractivity (Wildman–Crippen MR) is 120 cm³/mol. The van der Waals surface area contributed by atoms with Crippen molar-refractivity contribution >= 4 is 15.6 Å². The second-order valence-corrected chi connectivity index (χ2v) is 10.4. The zero-order valence-corrected chi connectivity index (χ0v) is 18.6. The number of aromatic hydroxyl groups is 1. The van der Waals surface area contributed by atoms with Crippen molar-refractivity contribution in [3.63, 3.8) is 0 Å². The highest BCUT2D eigenvalue weighted by Gasteiger charge is 2.31. The maximum absolute atomic E-state index is 13.4. The van der Waals surface area contributed by atoms with E-state index in [1.54, 1.807) is 42.5 Å². The van der Waals surface area contributed by atoms with E-state index < -0.39 is 15.1 Å². The summed E-state index contributed by atoms with van der Waals surface area (Å²) in [6.07, 6.45) is -0.221. The number of Topliss-reactive ketones (excluding diaryl/α,β-unsaturated/α-hetero) is 1. The third kappa shape index (κ3) is 5.73. The molecule has 0 aliphatic carbocycles. The molecule has 3 aromatic rings. The summed E-state index contributed by atoms with van der Waals surface area (Å²) in [4.78, 5) is 13.1. The lowest BCUT2D eigenvalue weighted by Crippen LogP contribution is -2.23. The summed E-state index contributed by atoms with van der Waals surface area (Å²) < 4.78 is 32.7. The Labute approximate surface area is 183 Å². The van der Waals surface area contributed by atoms with Crippen LogP contribution >= 0.6 is 0 Å². The van der Waals surface area contributed by atoms with Crippen LogP contribution in [0.3, 0.4) is 0 Å². The summed E-state index contributed by atoms with van der Waals surface area (Å²) in [5.74, 6) is 0.343. The number of phenolic OH excluding ortho intramolecular Hbond substituents is 1. The van der Waals surface area contributed by atoms with E-state index in [1.807, 2.05) is 20.8 Å². The minimum Gasteiger partial charge on any atom is -0.508 e. The van der Waals surface area contributed by atoms with Crippen LogP contribution in [0.1, 0.15) is 48.4 Å². The second kappa shape index (κ2) is 8.94. The van der Waals surface area contributed by atoms with Gasteiger partial charge in [0.05, 0.1) is 10.1 Å². The molecule has 0 fully saturated rings. The van der Waals surface area contributed by atoms with Crippen LogP contribution < -0.4 is 4.74 Å². The molecule has 0 aromatic heterocycles. The molecule has 31 heavy (non-hydrogen) atoms. The summed E-state index contributed by atoms with van der Waals surface area (Å²) in [6, 6.07) is 20.7. The number of hydrogen-bond acceptors (Lipinski definition) is 5. The van der Waals surface area contributed by atoms with Crippen LogP contribution in [-0.2, 0) is 9.84 Å². The summed E-state index contributed by atoms with van der Waals surface area (Å²) in [7, 11) is -3.82. The van der Waals surface area contributed by atoms with Crippen LogP contribution in [0.25, 0.3) is 0 Å². The number of rotatable bonds is 7. The fraction of sp³-hybridized carbons (Fsp3) is 0.240. The molecule has 1 atom stereocenters. The second-order valence-electron chi connectivity index (χ2n) is 8.30. The van der Waals surface area contributed by atoms with Crippen molar-refractivity contribution in [3.05, 3.63) is 90.0 Å². The maximum atomic E-state index is 13.4. The highest BCUT2D eigenvalue weighted by atomic mass is 32.2. The molecule has 1 unspecified atom stereocenters. The largest absolute Gasteiger partial charge is 0.508 e. The van der Waals surface area contributed by atoms with Gasteiger partial charge in [0, 0.05) is 12.0 Å². The average molecular weight is 439 g/mol. The van der Waals surface area contributed by atoms with Crippen molar-refractivity contribution in [1.29, 1.82) is 0 Å². The molecule has 0 saturated heterocycles. The first-order valence-electron chi connectivity index (χ1n) is 9.96. The molecule has 0 amide bonds. The average Bonchev–Trinajstić information content (AvgIpc) is 2.72. The molecule has 0 saturated carbocycles. The van der Waals surface area contributed by atoms with Gasteiger partial charge in [-0.1, -0.05) is 30.3 Å². The van der Waals surface area contributed by atoms with Gasteiger partial charge in [-0.2, -0.15) is 0 Å². The predicted octanol–water partition coefficient (Wildman–Crippen LogP) is 5.36. The van der Waals surface area contributed by atoms with Gasteiger partial charge in [0.2, 0.25) is 0 Å². The number of sulfone groups is 1. The van der Waals surface area contributed by atoms with Crippen molar-refractivity contribution in [1.82, 2.24) is 0 Å². The van der Waals surface area contributed by atoms with Crippen LogP contribution in [0.5, 0.6) is 11.5 Å². The number of ketones is 1. The van der Waals surface area contributed by atoms with E-state index in [9.17, 15) is 18.3 Å². The fourth-order valence-electron chi connectivity index (χ4n) is 3.22. The SMILES string of the molecule is CC(C)(C)Oc1ccc(C(CC(=O)c2ccc(O)cc2)S(=O)(=O)c2ccccc2)cc1. The Hall–Kier alpha value is -3.12. The zero-order chi connectivity index (χ0) is 22.6. The molecule has 162 valence electrons. The molecule has 1 N–H and O–H groups in total. The third-order valence-corrected chi connectivity index (χ3v) is 6.80. The van der Waals surface area contributed by atoms with E-state index in [1.165, 1.54) is 36.4 Å². The molecule has 3 rings (SSSR count). The molecule has 3 aromatic carbocycles. The van der Waals surface area contributed by atoms with Gasteiger partial charge in [-0.25, -0.2) is 8.42 Å². The van der Waals surface area contributed by atoms with Gasteiger partial charge in [0.25, 0.3) is 0 Å². The number of ether oxygens (including phenoxy) is 1. The third-order valence-electron chi connectivity index (χ3n) is 4.68. The van der Waals surface area contributed by atoms with Crippen LogP contribution in [0, 0.1) is 0 Å². The number of hydrogen-bond donors (Lipinski definition) is 1. The molecule has 5 nitrogen and oxygen atoms in total. The van der Waals surface area contributed by atoms with Crippen molar-refractivity contribution in [2.75, 3.05) is 0 Å². The summed E-state index contributed by atoms with van der Waals surface area (Å²) in [5.41, 5.74) is 0.474. The van der Waals surface area contributed by atoms with E-state index in [2.05, 4.69) is 0 Å². The van der Waals surface area contributed by atoms with Crippen molar-refractivity contribution in [2.24, 2.45) is 0 Å². The van der Waals surface area contributed by atoms with Crippen LogP contribution in [0.4, 0.5) is 0 Å². The lowest BCUT2D eigenvalue weighted by molar-refractivity contribution is 0.0980. The van der Waals surface area contributed by atoms with Crippen LogP contribution in [-0.4, -0.2) is 24.9 Å². The van der Waals surface area contributed by atoms with Gasteiger partial charge in [0.15, 0.2) is 15.6 Å². The normalized spacial score (nSPS) is 12.9. The van der Waals surface area contributed by atoms with Gasteiger partial charge in [-0.05, 0) is 74.9 Å². The van der Waals surface area contributed by atoms with E-state index >= 15 is 0 Å². The summed E-state index contributed by atoms with van der Waals surface area (Å²) >= 11 is 0. The minimum absolute atomic E-state index is 0.0412. The minimum atomic E-state index is -3.82. The Morgan fingerprint density at radius 3 is 2.03 bits per heavy atom. The topological polar surface area (TPSA) is 80.7 Å². The molecule has 0 spiro atoms. The van der Waals surface area contributed by atoms with Crippen LogP contribution in [0.15, 0.2) is 83.8 Å². The first-order chi connectivity index (χ1) is 14.6. The molecular formula is C25H26O5S. The van der Waals surface area contributed by atoms with E-state index in [4.69, 9.17) is 4.74 Å². The highest BCUT2D eigenvalue weighted by Crippen LogP contribution is 2.34. The number of carbonyl (C=O) groups excluding carboxylic acids is 1. The number of benzene rings is 3. The van der Waals surface area contributed by atoms with Gasteiger partial charge >= 0.3 is 0 Å². The molecule has 0 aliphatic heterocycles. The van der Waals surface area contributed by atoms with Crippen LogP contribution in [0.2, 0.25) is 0 Å². The monoisotopic (exact) mass is 438 g/mol. The first-order valence-corrected chi connectivity index (χ1v) is 11.5. The van der Waals surface area contributed by atoms with Gasteiger partial charge in [0.1, 0.15) is 17.1 Å². The van der Waals surface area contributed by atoms with E-state index in [0.717, 1.165) is 0 Å². The van der Waals surface area contributed by atoms with Gasteiger partial charge in [-0.3, -0.25) is 4.79 Å². The van der Waals surface area contributed by atoms with E-state index in [-0.39, 0.29) is 28.5 Å². The molecule has 0 radical (unpaired) electrons. The van der Waals surface area contributed by atoms with E-state index in [0.29, 0.717) is 16.9 Å². The molecule has 0 aliphatic rings. The summed E-state index contributed by atoms with van der Waals surface area (Å²) in [5, 5.41) is 8.41. The smallest absolute Gasteiger partial charge is 0.185 e. The molecular weight excluding hydrogens is 412 g/mol. The number of phenols is 1. The lowest BCUT2D eigenvalue weighted by atomic mass is 10.0. The maximum Gasteiger partial charge on any atom is 0.185 e. The Bertz CT molecular complexity index is 1130. The Morgan fingerprint density at radius 2 is 1.48 bits per heavy atom. The molecule has 0 bridgehead atoms. The fourth-order valence-corrected chi connectivity index (χ4v) is 4.97. The van der Waals surface area contributed by atoms with Crippen molar-refractivity contribution in [3.8, 4) is 11.5 Å². The lowest BCUT2D eigenvalue weighted by Gasteiger charge is -2.22. The Balaban J connectivity index is 1.98. The van der Waals surface area contributed by atoms with Crippen molar-refractivity contribution < 1.29 is 23.1 Å². The summed E-state index contributed by atoms with van der Waals surface area (Å²) in [6.45, 7) is 5.79. The Kier molecular flexibility index (Phi) is 6.51. The zero-order valence-electron chi connectivity index (χ0n) is 17.8. The number of carbonyl (C=O) groups is 1. The van der Waals surface area contributed by atoms with Crippen molar-refractivity contribution in [2.45, 2.75) is 42.9 Å². The quantitative estimate of drug-likeness (QED) is 0.503. The molecule has 6 heteroatoms.